The molecule has 0 spiro atoms. The zero-order valence-corrected chi connectivity index (χ0v) is 16.1. The fraction of sp³-hybridized carbons (Fsp3) is 0.562. The Kier molecular flexibility index (Phi) is 9.23. The number of piperazine rings is 1. The summed E-state index contributed by atoms with van der Waals surface area (Å²) in [6.07, 6.45) is 0. The molecule has 2 rings (SSSR count). The van der Waals surface area contributed by atoms with Gasteiger partial charge in [0.05, 0.1) is 12.3 Å². The van der Waals surface area contributed by atoms with Crippen LogP contribution in [0.3, 0.4) is 0 Å². The molecule has 0 aromatic heterocycles. The predicted molar refractivity (Wildman–Crippen MR) is 103 cm³/mol. The van der Waals surface area contributed by atoms with Gasteiger partial charge in [0.15, 0.2) is 5.96 Å². The van der Waals surface area contributed by atoms with Crippen LogP contribution < -0.4 is 10.2 Å². The molecule has 1 aromatic carbocycles. The Morgan fingerprint density at radius 2 is 1.96 bits per heavy atom. The second kappa shape index (κ2) is 10.6. The highest BCUT2D eigenvalue weighted by Crippen LogP contribution is 2.20. The Balaban J connectivity index is 0.00000264. The number of benzene rings is 1. The van der Waals surface area contributed by atoms with E-state index in [1.54, 1.807) is 13.1 Å². The molecule has 0 radical (unpaired) electrons. The van der Waals surface area contributed by atoms with Crippen molar-refractivity contribution in [3.63, 3.8) is 0 Å². The highest BCUT2D eigenvalue weighted by atomic mass is 127. The number of aliphatic imine (C=N–C) groups is 1. The molecule has 23 heavy (non-hydrogen) atoms. The number of hydrogen-bond acceptors (Lipinski definition) is 3. The first-order valence-corrected chi connectivity index (χ1v) is 7.79. The monoisotopic (exact) mass is 436 g/mol. The number of guanidine groups is 1. The molecular weight excluding hydrogens is 410 g/mol. The van der Waals surface area contributed by atoms with Crippen molar-refractivity contribution in [1.29, 1.82) is 0 Å². The van der Waals surface area contributed by atoms with E-state index in [9.17, 15) is 4.39 Å². The molecule has 1 N–H and O–H groups in total. The molecule has 130 valence electrons. The summed E-state index contributed by atoms with van der Waals surface area (Å²) in [4.78, 5) is 8.59. The van der Waals surface area contributed by atoms with Crippen LogP contribution in [0.15, 0.2) is 29.3 Å². The van der Waals surface area contributed by atoms with Crippen LogP contribution in [0.25, 0.3) is 0 Å². The Morgan fingerprint density at radius 1 is 1.26 bits per heavy atom. The minimum Gasteiger partial charge on any atom is -0.380 e. The Labute approximate surface area is 154 Å². The van der Waals surface area contributed by atoms with E-state index >= 15 is 0 Å². The lowest BCUT2D eigenvalue weighted by Gasteiger charge is -2.37. The zero-order chi connectivity index (χ0) is 15.8. The fourth-order valence-electron chi connectivity index (χ4n) is 2.58. The topological polar surface area (TPSA) is 40.1 Å². The van der Waals surface area contributed by atoms with E-state index in [0.717, 1.165) is 45.3 Å². The molecule has 1 aliphatic rings. The maximum atomic E-state index is 13.8. The maximum absolute atomic E-state index is 13.8. The van der Waals surface area contributed by atoms with Gasteiger partial charge in [-0.2, -0.15) is 0 Å². The van der Waals surface area contributed by atoms with Crippen LogP contribution >= 0.6 is 24.0 Å². The number of rotatable bonds is 5. The molecule has 1 heterocycles. The van der Waals surface area contributed by atoms with Gasteiger partial charge in [-0.15, -0.1) is 24.0 Å². The number of nitrogens with zero attached hydrogens (tertiary/aromatic N) is 3. The van der Waals surface area contributed by atoms with E-state index in [2.05, 4.69) is 20.1 Å². The SMILES string of the molecule is CCOCCNC(=NC)N1CCN(c2ccccc2F)CC1.I. The predicted octanol–water partition coefficient (Wildman–Crippen LogP) is 2.18. The van der Waals surface area contributed by atoms with Gasteiger partial charge in [0.2, 0.25) is 0 Å². The van der Waals surface area contributed by atoms with Gasteiger partial charge in [0.1, 0.15) is 5.82 Å². The lowest BCUT2D eigenvalue weighted by molar-refractivity contribution is 0.151. The molecule has 0 atom stereocenters. The van der Waals surface area contributed by atoms with Gasteiger partial charge in [-0.25, -0.2) is 4.39 Å². The summed E-state index contributed by atoms with van der Waals surface area (Å²) in [7, 11) is 1.78. The first-order chi connectivity index (χ1) is 10.8. The first-order valence-electron chi connectivity index (χ1n) is 7.79. The summed E-state index contributed by atoms with van der Waals surface area (Å²) in [5.41, 5.74) is 0.682. The zero-order valence-electron chi connectivity index (χ0n) is 13.8. The third-order valence-corrected chi connectivity index (χ3v) is 3.72. The molecule has 0 bridgehead atoms. The molecule has 0 aliphatic carbocycles. The average molecular weight is 436 g/mol. The smallest absolute Gasteiger partial charge is 0.193 e. The van der Waals surface area contributed by atoms with E-state index in [0.29, 0.717) is 12.3 Å². The largest absolute Gasteiger partial charge is 0.380 e. The fourth-order valence-corrected chi connectivity index (χ4v) is 2.58. The Morgan fingerprint density at radius 3 is 2.57 bits per heavy atom. The van der Waals surface area contributed by atoms with Crippen LogP contribution in [0, 0.1) is 5.82 Å². The third kappa shape index (κ3) is 5.80. The number of para-hydroxylation sites is 1. The first kappa shape index (κ1) is 20.0. The van der Waals surface area contributed by atoms with E-state index in [-0.39, 0.29) is 29.8 Å². The minimum absolute atomic E-state index is 0. The lowest BCUT2D eigenvalue weighted by Crippen LogP contribution is -2.53. The molecule has 1 aromatic rings. The molecule has 1 fully saturated rings. The molecule has 5 nitrogen and oxygen atoms in total. The standard InChI is InChI=1S/C16H25FN4O.HI/c1-3-22-13-8-19-16(18-2)21-11-9-20(10-12-21)15-7-5-4-6-14(15)17;/h4-7H,3,8-13H2,1-2H3,(H,18,19);1H. The second-order valence-corrected chi connectivity index (χ2v) is 5.10. The number of anilines is 1. The molecule has 1 aliphatic heterocycles. The minimum atomic E-state index is -0.157. The second-order valence-electron chi connectivity index (χ2n) is 5.10. The summed E-state index contributed by atoms with van der Waals surface area (Å²) in [5.74, 6) is 0.725. The van der Waals surface area contributed by atoms with Gasteiger partial charge in [-0.3, -0.25) is 4.99 Å². The van der Waals surface area contributed by atoms with Gasteiger partial charge in [-0.1, -0.05) is 12.1 Å². The van der Waals surface area contributed by atoms with Gasteiger partial charge in [0.25, 0.3) is 0 Å². The van der Waals surface area contributed by atoms with Gasteiger partial charge < -0.3 is 19.9 Å². The van der Waals surface area contributed by atoms with Crippen LogP contribution in [-0.2, 0) is 4.74 Å². The maximum Gasteiger partial charge on any atom is 0.193 e. The van der Waals surface area contributed by atoms with Crippen molar-refractivity contribution in [2.75, 3.05) is 57.9 Å². The van der Waals surface area contributed by atoms with Crippen LogP contribution in [-0.4, -0.2) is 63.8 Å². The summed E-state index contributed by atoms with van der Waals surface area (Å²) >= 11 is 0. The van der Waals surface area contributed by atoms with E-state index in [4.69, 9.17) is 4.74 Å². The number of hydrogen-bond donors (Lipinski definition) is 1. The summed E-state index contributed by atoms with van der Waals surface area (Å²) in [6.45, 7) is 7.34. The number of nitrogens with one attached hydrogen (secondary N) is 1. The van der Waals surface area contributed by atoms with Crippen molar-refractivity contribution in [3.8, 4) is 0 Å². The molecule has 7 heteroatoms. The third-order valence-electron chi connectivity index (χ3n) is 3.72. The van der Waals surface area contributed by atoms with Crippen LogP contribution in [0.2, 0.25) is 0 Å². The van der Waals surface area contributed by atoms with Crippen molar-refractivity contribution in [2.45, 2.75) is 6.92 Å². The molecule has 1 saturated heterocycles. The quantitative estimate of drug-likeness (QED) is 0.333. The van der Waals surface area contributed by atoms with Crippen LogP contribution in [0.5, 0.6) is 0 Å². The molecular formula is C16H26FIN4O. The molecule has 0 amide bonds. The van der Waals surface area contributed by atoms with E-state index in [1.807, 2.05) is 19.1 Å². The summed E-state index contributed by atoms with van der Waals surface area (Å²) in [6, 6.07) is 6.94. The number of halogens is 2. The van der Waals surface area contributed by atoms with Crippen molar-refractivity contribution in [1.82, 2.24) is 10.2 Å². The number of ether oxygens (including phenoxy) is 1. The molecule has 0 saturated carbocycles. The van der Waals surface area contributed by atoms with E-state index in [1.165, 1.54) is 6.07 Å². The normalized spacial score (nSPS) is 15.3. The van der Waals surface area contributed by atoms with Crippen LogP contribution in [0.4, 0.5) is 10.1 Å². The van der Waals surface area contributed by atoms with Gasteiger partial charge in [0, 0.05) is 46.4 Å². The van der Waals surface area contributed by atoms with Crippen LogP contribution in [0.1, 0.15) is 6.92 Å². The van der Waals surface area contributed by atoms with Crippen molar-refractivity contribution in [2.24, 2.45) is 4.99 Å². The summed E-state index contributed by atoms with van der Waals surface area (Å²) in [5, 5.41) is 3.30. The van der Waals surface area contributed by atoms with Crippen molar-refractivity contribution >= 4 is 35.6 Å². The lowest BCUT2D eigenvalue weighted by atomic mass is 10.2. The van der Waals surface area contributed by atoms with Crippen molar-refractivity contribution < 1.29 is 9.13 Å². The van der Waals surface area contributed by atoms with E-state index < -0.39 is 0 Å². The van der Waals surface area contributed by atoms with Gasteiger partial charge >= 0.3 is 0 Å². The highest BCUT2D eigenvalue weighted by Gasteiger charge is 2.21. The Hall–Kier alpha value is -1.09. The molecule has 0 unspecified atom stereocenters. The highest BCUT2D eigenvalue weighted by molar-refractivity contribution is 14.0. The Bertz CT molecular complexity index is 493. The van der Waals surface area contributed by atoms with Gasteiger partial charge in [-0.05, 0) is 19.1 Å². The average Bonchev–Trinajstić information content (AvgIpc) is 2.56. The van der Waals surface area contributed by atoms with Crippen molar-refractivity contribution in [3.05, 3.63) is 30.1 Å². The summed E-state index contributed by atoms with van der Waals surface area (Å²) < 4.78 is 19.1.